The fourth-order valence-corrected chi connectivity index (χ4v) is 2.33. The average Bonchev–Trinajstić information content (AvgIpc) is 2.61. The van der Waals surface area contributed by atoms with Gasteiger partial charge in [0.15, 0.2) is 0 Å². The van der Waals surface area contributed by atoms with E-state index in [0.717, 1.165) is 12.1 Å². The number of nitrogens with zero attached hydrogens (tertiary/aromatic N) is 2. The standard InChI is InChI=1S/C18H14F3N3O/c19-12-6-4-11(5-7-12)15-8-9-17(24-23-15)22-10-16(25)18-13(20)2-1-3-14(18)21/h1-9,16,25H,10H2,(H,22,24). The predicted octanol–water partition coefficient (Wildman–Crippen LogP) is 3.71. The lowest BCUT2D eigenvalue weighted by atomic mass is 10.1. The molecular weight excluding hydrogens is 331 g/mol. The summed E-state index contributed by atoms with van der Waals surface area (Å²) >= 11 is 0. The van der Waals surface area contributed by atoms with Crippen molar-refractivity contribution in [2.45, 2.75) is 6.10 Å². The maximum absolute atomic E-state index is 13.6. The number of halogens is 3. The van der Waals surface area contributed by atoms with Crippen LogP contribution in [0.5, 0.6) is 0 Å². The molecule has 0 bridgehead atoms. The van der Waals surface area contributed by atoms with Gasteiger partial charge in [-0.05, 0) is 48.5 Å². The molecule has 0 aliphatic carbocycles. The summed E-state index contributed by atoms with van der Waals surface area (Å²) in [5, 5.41) is 20.7. The van der Waals surface area contributed by atoms with Crippen LogP contribution in [-0.4, -0.2) is 21.8 Å². The quantitative estimate of drug-likeness (QED) is 0.740. The SMILES string of the molecule is OC(CNc1ccc(-c2ccc(F)cc2)nn1)c1c(F)cccc1F. The van der Waals surface area contributed by atoms with Crippen molar-refractivity contribution in [2.24, 2.45) is 0 Å². The molecule has 128 valence electrons. The van der Waals surface area contributed by atoms with Crippen LogP contribution in [0.1, 0.15) is 11.7 Å². The van der Waals surface area contributed by atoms with Crippen molar-refractivity contribution in [3.63, 3.8) is 0 Å². The van der Waals surface area contributed by atoms with Crippen LogP contribution in [0.4, 0.5) is 19.0 Å². The van der Waals surface area contributed by atoms with Gasteiger partial charge in [-0.3, -0.25) is 0 Å². The largest absolute Gasteiger partial charge is 0.386 e. The van der Waals surface area contributed by atoms with Gasteiger partial charge in [0.2, 0.25) is 0 Å². The van der Waals surface area contributed by atoms with E-state index in [1.165, 1.54) is 18.2 Å². The first kappa shape index (κ1) is 16.9. The number of rotatable bonds is 5. The van der Waals surface area contributed by atoms with Gasteiger partial charge >= 0.3 is 0 Å². The zero-order valence-corrected chi connectivity index (χ0v) is 13.0. The molecule has 0 spiro atoms. The molecule has 0 saturated carbocycles. The van der Waals surface area contributed by atoms with E-state index in [1.807, 2.05) is 0 Å². The van der Waals surface area contributed by atoms with Crippen LogP contribution in [0.15, 0.2) is 54.6 Å². The van der Waals surface area contributed by atoms with Crippen molar-refractivity contribution in [3.8, 4) is 11.3 Å². The van der Waals surface area contributed by atoms with Gasteiger partial charge in [0.05, 0.1) is 11.3 Å². The third-order valence-electron chi connectivity index (χ3n) is 3.61. The Kier molecular flexibility index (Phi) is 4.95. The zero-order chi connectivity index (χ0) is 17.8. The van der Waals surface area contributed by atoms with E-state index >= 15 is 0 Å². The maximum Gasteiger partial charge on any atom is 0.148 e. The van der Waals surface area contributed by atoms with Gasteiger partial charge < -0.3 is 10.4 Å². The number of nitrogens with one attached hydrogen (secondary N) is 1. The van der Waals surface area contributed by atoms with Crippen LogP contribution in [0, 0.1) is 17.5 Å². The van der Waals surface area contributed by atoms with Gasteiger partial charge in [-0.2, -0.15) is 0 Å². The molecule has 3 rings (SSSR count). The second kappa shape index (κ2) is 7.31. The molecule has 7 heteroatoms. The minimum atomic E-state index is -1.38. The average molecular weight is 345 g/mol. The maximum atomic E-state index is 13.6. The Labute approximate surface area is 142 Å². The lowest BCUT2D eigenvalue weighted by Crippen LogP contribution is -2.16. The van der Waals surface area contributed by atoms with E-state index in [2.05, 4.69) is 15.5 Å². The van der Waals surface area contributed by atoms with Gasteiger partial charge in [0.25, 0.3) is 0 Å². The van der Waals surface area contributed by atoms with Gasteiger partial charge in [-0.1, -0.05) is 6.07 Å². The monoisotopic (exact) mass is 345 g/mol. The third kappa shape index (κ3) is 3.95. The minimum absolute atomic E-state index is 0.136. The van der Waals surface area contributed by atoms with Crippen LogP contribution in [0.25, 0.3) is 11.3 Å². The zero-order valence-electron chi connectivity index (χ0n) is 13.0. The molecule has 1 heterocycles. The third-order valence-corrected chi connectivity index (χ3v) is 3.61. The topological polar surface area (TPSA) is 58.0 Å². The van der Waals surface area contributed by atoms with Crippen molar-refractivity contribution in [2.75, 3.05) is 11.9 Å². The van der Waals surface area contributed by atoms with E-state index in [4.69, 9.17) is 0 Å². The summed E-state index contributed by atoms with van der Waals surface area (Å²) in [6, 6.07) is 12.5. The van der Waals surface area contributed by atoms with Crippen LogP contribution in [0.2, 0.25) is 0 Å². The summed E-state index contributed by atoms with van der Waals surface area (Å²) in [4.78, 5) is 0. The summed E-state index contributed by atoms with van der Waals surface area (Å²) in [7, 11) is 0. The predicted molar refractivity (Wildman–Crippen MR) is 87.2 cm³/mol. The molecule has 1 unspecified atom stereocenters. The summed E-state index contributed by atoms with van der Waals surface area (Å²) in [5.41, 5.74) is 0.853. The highest BCUT2D eigenvalue weighted by molar-refractivity contribution is 5.59. The first-order valence-corrected chi connectivity index (χ1v) is 7.50. The van der Waals surface area contributed by atoms with Crippen molar-refractivity contribution in [1.29, 1.82) is 0 Å². The molecule has 0 saturated heterocycles. The number of benzene rings is 2. The molecule has 0 aliphatic heterocycles. The Morgan fingerprint density at radius 1 is 0.880 bits per heavy atom. The number of hydrogen-bond acceptors (Lipinski definition) is 4. The normalized spacial score (nSPS) is 12.0. The van der Waals surface area contributed by atoms with Crippen molar-refractivity contribution < 1.29 is 18.3 Å². The van der Waals surface area contributed by atoms with E-state index in [1.54, 1.807) is 24.3 Å². The van der Waals surface area contributed by atoms with Gasteiger partial charge in [0, 0.05) is 12.1 Å². The van der Waals surface area contributed by atoms with Crippen LogP contribution >= 0.6 is 0 Å². The molecule has 0 aliphatic rings. The van der Waals surface area contributed by atoms with E-state index in [9.17, 15) is 18.3 Å². The van der Waals surface area contributed by atoms with Crippen LogP contribution in [0.3, 0.4) is 0 Å². The Morgan fingerprint density at radius 3 is 2.16 bits per heavy atom. The Balaban J connectivity index is 1.67. The lowest BCUT2D eigenvalue weighted by molar-refractivity contribution is 0.181. The molecule has 2 N–H and O–H groups in total. The highest BCUT2D eigenvalue weighted by atomic mass is 19.1. The Hall–Kier alpha value is -2.93. The smallest absolute Gasteiger partial charge is 0.148 e. The van der Waals surface area contributed by atoms with Gasteiger partial charge in [0.1, 0.15) is 29.4 Å². The molecule has 25 heavy (non-hydrogen) atoms. The number of aromatic nitrogens is 2. The fourth-order valence-electron chi connectivity index (χ4n) is 2.33. The second-order valence-corrected chi connectivity index (χ2v) is 5.34. The van der Waals surface area contributed by atoms with Crippen molar-refractivity contribution >= 4 is 5.82 Å². The molecule has 0 fully saturated rings. The van der Waals surface area contributed by atoms with Gasteiger partial charge in [-0.15, -0.1) is 10.2 Å². The number of aliphatic hydroxyl groups is 1. The molecule has 4 nitrogen and oxygen atoms in total. The summed E-state index contributed by atoms with van der Waals surface area (Å²) in [6.45, 7) is -0.136. The Bertz CT molecular complexity index is 834. The number of aliphatic hydroxyl groups excluding tert-OH is 1. The van der Waals surface area contributed by atoms with Crippen molar-refractivity contribution in [1.82, 2.24) is 10.2 Å². The van der Waals surface area contributed by atoms with Gasteiger partial charge in [-0.25, -0.2) is 13.2 Å². The summed E-state index contributed by atoms with van der Waals surface area (Å²) in [5.74, 6) is -1.63. The van der Waals surface area contributed by atoms with E-state index in [-0.39, 0.29) is 12.4 Å². The molecule has 1 aromatic heterocycles. The summed E-state index contributed by atoms with van der Waals surface area (Å²) < 4.78 is 40.1. The minimum Gasteiger partial charge on any atom is -0.386 e. The van der Waals surface area contributed by atoms with Crippen LogP contribution in [-0.2, 0) is 0 Å². The van der Waals surface area contributed by atoms with E-state index < -0.39 is 23.3 Å². The molecule has 1 atom stereocenters. The highest BCUT2D eigenvalue weighted by Crippen LogP contribution is 2.21. The first-order valence-electron chi connectivity index (χ1n) is 7.50. The molecule has 3 aromatic rings. The Morgan fingerprint density at radius 2 is 1.56 bits per heavy atom. The first-order chi connectivity index (χ1) is 12.0. The number of hydrogen-bond donors (Lipinski definition) is 2. The molecule has 2 aromatic carbocycles. The molecule has 0 amide bonds. The van der Waals surface area contributed by atoms with E-state index in [0.29, 0.717) is 17.1 Å². The lowest BCUT2D eigenvalue weighted by Gasteiger charge is -2.14. The van der Waals surface area contributed by atoms with Crippen molar-refractivity contribution in [3.05, 3.63) is 77.6 Å². The fraction of sp³-hybridized carbons (Fsp3) is 0.111. The molecular formula is C18H14F3N3O. The molecule has 0 radical (unpaired) electrons. The highest BCUT2D eigenvalue weighted by Gasteiger charge is 2.17. The van der Waals surface area contributed by atoms with Crippen LogP contribution < -0.4 is 5.32 Å². The summed E-state index contributed by atoms with van der Waals surface area (Å²) in [6.07, 6.45) is -1.38. The second-order valence-electron chi connectivity index (χ2n) is 5.34. The number of anilines is 1.